The number of nitrogens with one attached hydrogen (secondary N) is 1. The standard InChI is InChI=1S/C13H16BrN3OS/c14-9-8-16-7-4-10(9)17-12(18)13(11(15)19)5-2-1-3-6-13/h4,7-8H,1-3,5-6H2,(H2,15,19)(H,16,17,18). The van der Waals surface area contributed by atoms with Crippen molar-refractivity contribution >= 4 is 44.7 Å². The lowest BCUT2D eigenvalue weighted by Crippen LogP contribution is -2.47. The van der Waals surface area contributed by atoms with E-state index in [9.17, 15) is 4.79 Å². The van der Waals surface area contributed by atoms with Crippen molar-refractivity contribution in [2.45, 2.75) is 32.1 Å². The van der Waals surface area contributed by atoms with Crippen molar-refractivity contribution in [2.24, 2.45) is 11.1 Å². The molecular formula is C13H16BrN3OS. The lowest BCUT2D eigenvalue weighted by Gasteiger charge is -2.34. The van der Waals surface area contributed by atoms with Crippen molar-refractivity contribution in [3.63, 3.8) is 0 Å². The van der Waals surface area contributed by atoms with Gasteiger partial charge in [0.15, 0.2) is 0 Å². The van der Waals surface area contributed by atoms with Crippen LogP contribution in [0.15, 0.2) is 22.9 Å². The summed E-state index contributed by atoms with van der Waals surface area (Å²) in [7, 11) is 0. The molecule has 0 spiro atoms. The number of nitrogens with two attached hydrogens (primary N) is 1. The fourth-order valence-corrected chi connectivity index (χ4v) is 3.11. The SMILES string of the molecule is NC(=S)C1(C(=O)Nc2ccncc2Br)CCCCC1. The first-order valence-corrected chi connectivity index (χ1v) is 7.47. The molecule has 1 saturated carbocycles. The van der Waals surface area contributed by atoms with Gasteiger partial charge in [-0.2, -0.15) is 0 Å². The average Bonchev–Trinajstić information content (AvgIpc) is 2.42. The minimum Gasteiger partial charge on any atom is -0.392 e. The monoisotopic (exact) mass is 341 g/mol. The Kier molecular flexibility index (Phi) is 4.52. The van der Waals surface area contributed by atoms with E-state index in [4.69, 9.17) is 18.0 Å². The number of hydrogen-bond acceptors (Lipinski definition) is 3. The van der Waals surface area contributed by atoms with Crippen LogP contribution in [0.1, 0.15) is 32.1 Å². The molecule has 1 aliphatic rings. The van der Waals surface area contributed by atoms with Crippen LogP contribution in [0.3, 0.4) is 0 Å². The summed E-state index contributed by atoms with van der Waals surface area (Å²) < 4.78 is 0.747. The normalized spacial score (nSPS) is 17.7. The van der Waals surface area contributed by atoms with E-state index in [1.165, 1.54) is 0 Å². The third-order valence-corrected chi connectivity index (χ3v) is 4.66. The van der Waals surface area contributed by atoms with E-state index in [2.05, 4.69) is 26.2 Å². The predicted molar refractivity (Wildman–Crippen MR) is 82.9 cm³/mol. The van der Waals surface area contributed by atoms with Crippen LogP contribution in [0, 0.1) is 5.41 Å². The highest BCUT2D eigenvalue weighted by Crippen LogP contribution is 2.38. The van der Waals surface area contributed by atoms with Gasteiger partial charge in [0, 0.05) is 12.4 Å². The highest BCUT2D eigenvalue weighted by Gasteiger charge is 2.42. The van der Waals surface area contributed by atoms with Crippen LogP contribution < -0.4 is 11.1 Å². The van der Waals surface area contributed by atoms with E-state index in [0.29, 0.717) is 10.7 Å². The van der Waals surface area contributed by atoms with E-state index in [-0.39, 0.29) is 5.91 Å². The third-order valence-electron chi connectivity index (χ3n) is 3.63. The summed E-state index contributed by atoms with van der Waals surface area (Å²) in [5, 5.41) is 2.91. The summed E-state index contributed by atoms with van der Waals surface area (Å²) in [5.41, 5.74) is 5.84. The molecule has 1 heterocycles. The van der Waals surface area contributed by atoms with Gasteiger partial charge in [0.2, 0.25) is 5.91 Å². The van der Waals surface area contributed by atoms with Gasteiger partial charge < -0.3 is 11.1 Å². The van der Waals surface area contributed by atoms with Crippen LogP contribution in [0.25, 0.3) is 0 Å². The van der Waals surface area contributed by atoms with E-state index >= 15 is 0 Å². The largest absolute Gasteiger partial charge is 0.392 e. The number of carbonyl (C=O) groups is 1. The molecule has 1 fully saturated rings. The van der Waals surface area contributed by atoms with Crippen LogP contribution in [0.5, 0.6) is 0 Å². The molecular weight excluding hydrogens is 326 g/mol. The Morgan fingerprint density at radius 2 is 2.11 bits per heavy atom. The minimum absolute atomic E-state index is 0.105. The maximum absolute atomic E-state index is 12.6. The van der Waals surface area contributed by atoms with Crippen molar-refractivity contribution in [3.05, 3.63) is 22.9 Å². The van der Waals surface area contributed by atoms with E-state index in [1.54, 1.807) is 18.5 Å². The molecule has 1 aromatic rings. The quantitative estimate of drug-likeness (QED) is 0.829. The molecule has 0 radical (unpaired) electrons. The Labute approximate surface area is 126 Å². The minimum atomic E-state index is -0.698. The molecule has 4 nitrogen and oxygen atoms in total. The Morgan fingerprint density at radius 3 is 2.68 bits per heavy atom. The molecule has 1 aromatic heterocycles. The molecule has 2 rings (SSSR count). The highest BCUT2D eigenvalue weighted by molar-refractivity contribution is 9.10. The van der Waals surface area contributed by atoms with Gasteiger partial charge in [-0.05, 0) is 34.8 Å². The second-order valence-electron chi connectivity index (χ2n) is 4.82. The lowest BCUT2D eigenvalue weighted by molar-refractivity contribution is -0.123. The first-order chi connectivity index (χ1) is 9.06. The van der Waals surface area contributed by atoms with E-state index in [1.807, 2.05) is 0 Å². The smallest absolute Gasteiger partial charge is 0.237 e. The number of halogens is 1. The number of thiocarbonyl (C=S) groups is 1. The Morgan fingerprint density at radius 1 is 1.42 bits per heavy atom. The van der Waals surface area contributed by atoms with Crippen LogP contribution >= 0.6 is 28.1 Å². The van der Waals surface area contributed by atoms with Gasteiger partial charge in [-0.3, -0.25) is 9.78 Å². The molecule has 3 N–H and O–H groups in total. The van der Waals surface area contributed by atoms with Crippen molar-refractivity contribution in [3.8, 4) is 0 Å². The number of anilines is 1. The molecule has 1 amide bonds. The van der Waals surface area contributed by atoms with Crippen LogP contribution in [0.2, 0.25) is 0 Å². The zero-order valence-electron chi connectivity index (χ0n) is 10.5. The number of carbonyl (C=O) groups excluding carboxylic acids is 1. The lowest BCUT2D eigenvalue weighted by atomic mass is 9.73. The second kappa shape index (κ2) is 5.96. The van der Waals surface area contributed by atoms with Crippen molar-refractivity contribution in [2.75, 3.05) is 5.32 Å². The summed E-state index contributed by atoms with van der Waals surface area (Å²) in [6.45, 7) is 0. The van der Waals surface area contributed by atoms with Crippen molar-refractivity contribution in [1.29, 1.82) is 0 Å². The van der Waals surface area contributed by atoms with Gasteiger partial charge in [-0.1, -0.05) is 31.5 Å². The van der Waals surface area contributed by atoms with Crippen LogP contribution in [-0.4, -0.2) is 15.9 Å². The van der Waals surface area contributed by atoms with Crippen LogP contribution in [0.4, 0.5) is 5.69 Å². The molecule has 1 aliphatic carbocycles. The number of aromatic nitrogens is 1. The maximum Gasteiger partial charge on any atom is 0.237 e. The summed E-state index contributed by atoms with van der Waals surface area (Å²) >= 11 is 8.51. The zero-order chi connectivity index (χ0) is 13.9. The number of pyridine rings is 1. The second-order valence-corrected chi connectivity index (χ2v) is 6.11. The first-order valence-electron chi connectivity index (χ1n) is 6.27. The van der Waals surface area contributed by atoms with Gasteiger partial charge >= 0.3 is 0 Å². The van der Waals surface area contributed by atoms with Crippen molar-refractivity contribution in [1.82, 2.24) is 4.98 Å². The van der Waals surface area contributed by atoms with Gasteiger partial charge in [0.25, 0.3) is 0 Å². The summed E-state index contributed by atoms with van der Waals surface area (Å²) in [6, 6.07) is 1.75. The van der Waals surface area contributed by atoms with E-state index < -0.39 is 5.41 Å². The van der Waals surface area contributed by atoms with Gasteiger partial charge in [-0.25, -0.2) is 0 Å². The number of rotatable bonds is 3. The molecule has 6 heteroatoms. The topological polar surface area (TPSA) is 68.0 Å². The van der Waals surface area contributed by atoms with Gasteiger partial charge in [-0.15, -0.1) is 0 Å². The summed E-state index contributed by atoms with van der Waals surface area (Å²) in [5.74, 6) is -0.105. The first kappa shape index (κ1) is 14.4. The molecule has 102 valence electrons. The molecule has 0 saturated heterocycles. The molecule has 19 heavy (non-hydrogen) atoms. The average molecular weight is 342 g/mol. The molecule has 0 aliphatic heterocycles. The maximum atomic E-state index is 12.6. The summed E-state index contributed by atoms with van der Waals surface area (Å²) in [4.78, 5) is 16.8. The predicted octanol–water partition coefficient (Wildman–Crippen LogP) is 3.02. The van der Waals surface area contributed by atoms with Gasteiger partial charge in [0.05, 0.1) is 20.6 Å². The van der Waals surface area contributed by atoms with Crippen LogP contribution in [-0.2, 0) is 4.79 Å². The van der Waals surface area contributed by atoms with E-state index in [0.717, 1.165) is 36.6 Å². The summed E-state index contributed by atoms with van der Waals surface area (Å²) in [6.07, 6.45) is 7.85. The number of hydrogen-bond donors (Lipinski definition) is 2. The molecule has 0 aromatic carbocycles. The number of amides is 1. The fourth-order valence-electron chi connectivity index (χ4n) is 2.46. The zero-order valence-corrected chi connectivity index (χ0v) is 12.9. The Balaban J connectivity index is 2.21. The van der Waals surface area contributed by atoms with Crippen molar-refractivity contribution < 1.29 is 4.79 Å². The fraction of sp³-hybridized carbons (Fsp3) is 0.462. The highest BCUT2D eigenvalue weighted by atomic mass is 79.9. The Bertz CT molecular complexity index is 500. The molecule has 0 bridgehead atoms. The molecule has 0 unspecified atom stereocenters. The Hall–Kier alpha value is -1.01. The molecule has 0 atom stereocenters. The van der Waals surface area contributed by atoms with Gasteiger partial charge in [0.1, 0.15) is 0 Å². The number of nitrogens with zero attached hydrogens (tertiary/aromatic N) is 1. The third kappa shape index (κ3) is 2.95.